The van der Waals surface area contributed by atoms with Crippen LogP contribution in [0.25, 0.3) is 0 Å². The summed E-state index contributed by atoms with van der Waals surface area (Å²) in [5.74, 6) is 0.963. The molecule has 0 aromatic heterocycles. The highest BCUT2D eigenvalue weighted by atomic mass is 79.9. The van der Waals surface area contributed by atoms with Crippen molar-refractivity contribution in [3.05, 3.63) is 56.5 Å². The molecule has 2 aromatic rings. The highest BCUT2D eigenvalue weighted by Crippen LogP contribution is 2.33. The van der Waals surface area contributed by atoms with Crippen molar-refractivity contribution >= 4 is 33.5 Å². The summed E-state index contributed by atoms with van der Waals surface area (Å²) in [6, 6.07) is 9.50. The molecular formula is C20H22BrClO3. The van der Waals surface area contributed by atoms with Gasteiger partial charge in [0.1, 0.15) is 18.1 Å². The zero-order valence-corrected chi connectivity index (χ0v) is 17.0. The SMILES string of the molecule is CCC(=O)Oc1cccc(CC)c1COc1cc(Cl)c(CC)cc1Br. The van der Waals surface area contributed by atoms with Gasteiger partial charge in [-0.1, -0.05) is 44.5 Å². The standard InChI is InChI=1S/C20H22BrClO3/c1-4-13-8-7-9-18(25-20(23)6-3)15(13)12-24-19-11-17(22)14(5-2)10-16(19)21/h7-11H,4-6,12H2,1-3H3. The molecule has 0 heterocycles. The lowest BCUT2D eigenvalue weighted by Gasteiger charge is -2.16. The molecular weight excluding hydrogens is 404 g/mol. The third-order valence-corrected chi connectivity index (χ3v) is 4.95. The molecule has 2 rings (SSSR count). The Morgan fingerprint density at radius 1 is 1.08 bits per heavy atom. The van der Waals surface area contributed by atoms with Gasteiger partial charge in [0.05, 0.1) is 4.47 Å². The number of halogens is 2. The largest absolute Gasteiger partial charge is 0.488 e. The third-order valence-electron chi connectivity index (χ3n) is 3.98. The number of rotatable bonds is 7. The first-order chi connectivity index (χ1) is 12.0. The van der Waals surface area contributed by atoms with Crippen LogP contribution in [0.15, 0.2) is 34.8 Å². The molecule has 3 nitrogen and oxygen atoms in total. The van der Waals surface area contributed by atoms with E-state index in [2.05, 4.69) is 29.8 Å². The summed E-state index contributed by atoms with van der Waals surface area (Å²) in [6.45, 7) is 6.19. The Balaban J connectivity index is 2.28. The molecule has 0 atom stereocenters. The Labute approximate surface area is 162 Å². The van der Waals surface area contributed by atoms with Crippen LogP contribution in [0.2, 0.25) is 5.02 Å². The second-order valence-electron chi connectivity index (χ2n) is 5.59. The van der Waals surface area contributed by atoms with Crippen LogP contribution in [-0.4, -0.2) is 5.97 Å². The normalized spacial score (nSPS) is 10.6. The average molecular weight is 426 g/mol. The number of benzene rings is 2. The number of ether oxygens (including phenoxy) is 2. The predicted molar refractivity (Wildman–Crippen MR) is 105 cm³/mol. The maximum absolute atomic E-state index is 11.7. The first kappa shape index (κ1) is 19.8. The van der Waals surface area contributed by atoms with Crippen molar-refractivity contribution in [3.63, 3.8) is 0 Å². The van der Waals surface area contributed by atoms with Crippen molar-refractivity contribution in [2.24, 2.45) is 0 Å². The fourth-order valence-electron chi connectivity index (χ4n) is 2.50. The summed E-state index contributed by atoms with van der Waals surface area (Å²) in [7, 11) is 0. The Bertz CT molecular complexity index is 759. The van der Waals surface area contributed by atoms with Crippen LogP contribution in [-0.2, 0) is 24.2 Å². The van der Waals surface area contributed by atoms with Gasteiger partial charge in [-0.2, -0.15) is 0 Å². The number of hydrogen-bond donors (Lipinski definition) is 0. The monoisotopic (exact) mass is 424 g/mol. The molecule has 0 bridgehead atoms. The first-order valence-electron chi connectivity index (χ1n) is 8.42. The lowest BCUT2D eigenvalue weighted by Crippen LogP contribution is -2.10. The molecule has 0 amide bonds. The smallest absolute Gasteiger partial charge is 0.310 e. The van der Waals surface area contributed by atoms with E-state index in [-0.39, 0.29) is 5.97 Å². The summed E-state index contributed by atoms with van der Waals surface area (Å²) in [5, 5.41) is 0.683. The fourth-order valence-corrected chi connectivity index (χ4v) is 3.29. The molecule has 5 heteroatoms. The van der Waals surface area contributed by atoms with Gasteiger partial charge in [0.15, 0.2) is 0 Å². The van der Waals surface area contributed by atoms with E-state index < -0.39 is 0 Å². The zero-order valence-electron chi connectivity index (χ0n) is 14.7. The maximum atomic E-state index is 11.7. The topological polar surface area (TPSA) is 35.5 Å². The van der Waals surface area contributed by atoms with E-state index in [0.717, 1.165) is 34.0 Å². The van der Waals surface area contributed by atoms with E-state index in [1.807, 2.05) is 24.3 Å². The number of carbonyl (C=O) groups excluding carboxylic acids is 1. The van der Waals surface area contributed by atoms with Gasteiger partial charge >= 0.3 is 5.97 Å². The molecule has 0 aliphatic heterocycles. The van der Waals surface area contributed by atoms with Crippen molar-refractivity contribution in [3.8, 4) is 11.5 Å². The molecule has 25 heavy (non-hydrogen) atoms. The molecule has 0 saturated carbocycles. The van der Waals surface area contributed by atoms with Crippen molar-refractivity contribution in [2.75, 3.05) is 0 Å². The van der Waals surface area contributed by atoms with Crippen LogP contribution in [0.3, 0.4) is 0 Å². The summed E-state index contributed by atoms with van der Waals surface area (Å²) >= 11 is 9.82. The van der Waals surface area contributed by atoms with Crippen LogP contribution in [0.4, 0.5) is 0 Å². The van der Waals surface area contributed by atoms with E-state index >= 15 is 0 Å². The van der Waals surface area contributed by atoms with Gasteiger partial charge in [-0.3, -0.25) is 4.79 Å². The van der Waals surface area contributed by atoms with Crippen LogP contribution in [0.5, 0.6) is 11.5 Å². The maximum Gasteiger partial charge on any atom is 0.310 e. The molecule has 0 N–H and O–H groups in total. The predicted octanol–water partition coefficient (Wildman–Crippen LogP) is 6.12. The van der Waals surface area contributed by atoms with E-state index in [9.17, 15) is 4.79 Å². The van der Waals surface area contributed by atoms with Gasteiger partial charge in [0, 0.05) is 23.1 Å². The molecule has 0 radical (unpaired) electrons. The van der Waals surface area contributed by atoms with E-state index in [4.69, 9.17) is 21.1 Å². The molecule has 0 aliphatic rings. The molecule has 0 fully saturated rings. The first-order valence-corrected chi connectivity index (χ1v) is 9.59. The van der Waals surface area contributed by atoms with Gasteiger partial charge in [-0.25, -0.2) is 0 Å². The summed E-state index contributed by atoms with van der Waals surface area (Å²) < 4.78 is 12.3. The summed E-state index contributed by atoms with van der Waals surface area (Å²) in [6.07, 6.45) is 2.01. The van der Waals surface area contributed by atoms with E-state index in [1.165, 1.54) is 0 Å². The number of esters is 1. The minimum absolute atomic E-state index is 0.258. The number of carbonyl (C=O) groups is 1. The highest BCUT2D eigenvalue weighted by Gasteiger charge is 2.14. The fraction of sp³-hybridized carbons (Fsp3) is 0.350. The third kappa shape index (κ3) is 4.99. The Hall–Kier alpha value is -1.52. The van der Waals surface area contributed by atoms with Crippen LogP contribution >= 0.6 is 27.5 Å². The minimum atomic E-state index is -0.258. The number of hydrogen-bond acceptors (Lipinski definition) is 3. The van der Waals surface area contributed by atoms with Crippen LogP contribution < -0.4 is 9.47 Å². The second-order valence-corrected chi connectivity index (χ2v) is 6.85. The van der Waals surface area contributed by atoms with Gasteiger partial charge < -0.3 is 9.47 Å². The minimum Gasteiger partial charge on any atom is -0.488 e. The number of aryl methyl sites for hydroxylation is 2. The van der Waals surface area contributed by atoms with Gasteiger partial charge in [0.2, 0.25) is 0 Å². The molecule has 0 aliphatic carbocycles. The van der Waals surface area contributed by atoms with E-state index in [1.54, 1.807) is 13.0 Å². The Morgan fingerprint density at radius 2 is 1.80 bits per heavy atom. The molecule has 134 valence electrons. The second kappa shape index (κ2) is 9.25. The van der Waals surface area contributed by atoms with Gasteiger partial charge in [0.25, 0.3) is 0 Å². The molecule has 2 aromatic carbocycles. The highest BCUT2D eigenvalue weighted by molar-refractivity contribution is 9.10. The molecule has 0 unspecified atom stereocenters. The zero-order chi connectivity index (χ0) is 18.4. The van der Waals surface area contributed by atoms with Crippen molar-refractivity contribution in [1.29, 1.82) is 0 Å². The van der Waals surface area contributed by atoms with Crippen LogP contribution in [0.1, 0.15) is 43.9 Å². The van der Waals surface area contributed by atoms with E-state index in [0.29, 0.717) is 29.5 Å². The van der Waals surface area contributed by atoms with Crippen molar-refractivity contribution in [1.82, 2.24) is 0 Å². The quantitative estimate of drug-likeness (QED) is 0.396. The molecule has 0 spiro atoms. The van der Waals surface area contributed by atoms with Crippen LogP contribution in [0, 0.1) is 0 Å². The van der Waals surface area contributed by atoms with Crippen molar-refractivity contribution < 1.29 is 14.3 Å². The average Bonchev–Trinajstić information content (AvgIpc) is 2.62. The lowest BCUT2D eigenvalue weighted by molar-refractivity contribution is -0.134. The molecule has 0 saturated heterocycles. The van der Waals surface area contributed by atoms with Gasteiger partial charge in [-0.15, -0.1) is 0 Å². The lowest BCUT2D eigenvalue weighted by atomic mass is 10.0. The van der Waals surface area contributed by atoms with Gasteiger partial charge in [-0.05, 0) is 52.0 Å². The Morgan fingerprint density at radius 3 is 2.44 bits per heavy atom. The van der Waals surface area contributed by atoms with Crippen molar-refractivity contribution in [2.45, 2.75) is 46.6 Å². The Kier molecular flexibility index (Phi) is 7.33. The summed E-state index contributed by atoms with van der Waals surface area (Å²) in [4.78, 5) is 11.7. The summed E-state index contributed by atoms with van der Waals surface area (Å²) in [5.41, 5.74) is 3.04.